The summed E-state index contributed by atoms with van der Waals surface area (Å²) in [6, 6.07) is 0. The molecule has 0 aliphatic heterocycles. The number of anilines is 2. The molecular formula is C9H15Cl2N5S. The molecule has 96 valence electrons. The van der Waals surface area contributed by atoms with Crippen molar-refractivity contribution in [3.05, 3.63) is 10.3 Å². The molecule has 0 unspecified atom stereocenters. The van der Waals surface area contributed by atoms with E-state index in [2.05, 4.69) is 14.9 Å². The number of halogens is 2. The molecular weight excluding hydrogens is 281 g/mol. The molecule has 0 spiro atoms. The van der Waals surface area contributed by atoms with Crippen molar-refractivity contribution >= 4 is 47.1 Å². The van der Waals surface area contributed by atoms with Gasteiger partial charge in [-0.2, -0.15) is 0 Å². The standard InChI is InChI=1S/C9H15Cl2N5S/c10-1-3-16(4-2-11)5-6-7(12)14-9(17)15-8(6)13/h1-5H2,(H5,12,13,14,15,17). The van der Waals surface area contributed by atoms with E-state index >= 15 is 0 Å². The molecule has 1 rings (SSSR count). The monoisotopic (exact) mass is 295 g/mol. The van der Waals surface area contributed by atoms with Crippen LogP contribution in [0.1, 0.15) is 5.56 Å². The average molecular weight is 296 g/mol. The van der Waals surface area contributed by atoms with E-state index in [0.29, 0.717) is 43.0 Å². The highest BCUT2D eigenvalue weighted by Gasteiger charge is 2.11. The van der Waals surface area contributed by atoms with Crippen molar-refractivity contribution < 1.29 is 0 Å². The van der Waals surface area contributed by atoms with Crippen LogP contribution in [0.2, 0.25) is 0 Å². The summed E-state index contributed by atoms with van der Waals surface area (Å²) in [4.78, 5) is 8.81. The van der Waals surface area contributed by atoms with Gasteiger partial charge in [-0.15, -0.1) is 23.2 Å². The van der Waals surface area contributed by atoms with Crippen LogP contribution in [0.5, 0.6) is 0 Å². The summed E-state index contributed by atoms with van der Waals surface area (Å²) in [7, 11) is 0. The molecule has 5 nitrogen and oxygen atoms in total. The van der Waals surface area contributed by atoms with Crippen molar-refractivity contribution in [3.8, 4) is 0 Å². The summed E-state index contributed by atoms with van der Waals surface area (Å²) in [5, 5.41) is 0. The zero-order valence-electron chi connectivity index (χ0n) is 9.25. The van der Waals surface area contributed by atoms with Crippen LogP contribution in [0.4, 0.5) is 11.6 Å². The van der Waals surface area contributed by atoms with Gasteiger partial charge in [0, 0.05) is 37.0 Å². The number of nitrogen functional groups attached to an aromatic ring is 2. The van der Waals surface area contributed by atoms with E-state index in [0.717, 1.165) is 5.56 Å². The molecule has 0 radical (unpaired) electrons. The third-order valence-electron chi connectivity index (χ3n) is 2.28. The maximum absolute atomic E-state index is 5.83. The van der Waals surface area contributed by atoms with Crippen molar-refractivity contribution in [2.45, 2.75) is 6.54 Å². The minimum atomic E-state index is 0.282. The zero-order chi connectivity index (χ0) is 12.8. The fourth-order valence-corrected chi connectivity index (χ4v) is 2.12. The first-order valence-corrected chi connectivity index (χ1v) is 6.54. The first-order valence-electron chi connectivity index (χ1n) is 5.07. The van der Waals surface area contributed by atoms with Crippen LogP contribution in [-0.4, -0.2) is 39.7 Å². The van der Waals surface area contributed by atoms with Crippen molar-refractivity contribution in [3.63, 3.8) is 0 Å². The number of H-pyrrole nitrogens is 1. The van der Waals surface area contributed by atoms with Gasteiger partial charge in [0.1, 0.15) is 11.6 Å². The van der Waals surface area contributed by atoms with E-state index in [1.54, 1.807) is 0 Å². The molecule has 0 fully saturated rings. The summed E-state index contributed by atoms with van der Waals surface area (Å²) in [6.45, 7) is 1.97. The van der Waals surface area contributed by atoms with Gasteiger partial charge < -0.3 is 16.5 Å². The maximum Gasteiger partial charge on any atom is 0.200 e. The lowest BCUT2D eigenvalue weighted by Crippen LogP contribution is -2.28. The van der Waals surface area contributed by atoms with Gasteiger partial charge in [0.05, 0.1) is 0 Å². The minimum absolute atomic E-state index is 0.282. The van der Waals surface area contributed by atoms with Crippen LogP contribution in [0.3, 0.4) is 0 Å². The Bertz CT molecular complexity index is 390. The van der Waals surface area contributed by atoms with Crippen LogP contribution in [-0.2, 0) is 6.54 Å². The van der Waals surface area contributed by atoms with Gasteiger partial charge in [-0.3, -0.25) is 4.90 Å². The predicted octanol–water partition coefficient (Wildman–Crippen LogP) is 1.58. The van der Waals surface area contributed by atoms with Crippen LogP contribution in [0.15, 0.2) is 0 Å². The van der Waals surface area contributed by atoms with Crippen molar-refractivity contribution in [2.24, 2.45) is 0 Å². The van der Waals surface area contributed by atoms with E-state index in [9.17, 15) is 0 Å². The number of aromatic nitrogens is 2. The average Bonchev–Trinajstić information content (AvgIpc) is 2.23. The lowest BCUT2D eigenvalue weighted by molar-refractivity contribution is 0.300. The molecule has 0 amide bonds. The highest BCUT2D eigenvalue weighted by atomic mass is 35.5. The van der Waals surface area contributed by atoms with E-state index in [4.69, 9.17) is 46.9 Å². The highest BCUT2D eigenvalue weighted by Crippen LogP contribution is 2.17. The van der Waals surface area contributed by atoms with Crippen molar-refractivity contribution in [1.29, 1.82) is 0 Å². The van der Waals surface area contributed by atoms with Crippen LogP contribution in [0.25, 0.3) is 0 Å². The summed E-state index contributed by atoms with van der Waals surface area (Å²) in [5.74, 6) is 1.83. The Morgan fingerprint density at radius 3 is 2.29 bits per heavy atom. The molecule has 1 aromatic heterocycles. The first-order chi connectivity index (χ1) is 8.08. The van der Waals surface area contributed by atoms with Gasteiger partial charge in [-0.1, -0.05) is 0 Å². The summed E-state index contributed by atoms with van der Waals surface area (Å²) in [5.41, 5.74) is 12.4. The first kappa shape index (κ1) is 14.5. The molecule has 17 heavy (non-hydrogen) atoms. The molecule has 8 heteroatoms. The van der Waals surface area contributed by atoms with Gasteiger partial charge in [-0.25, -0.2) is 4.98 Å². The quantitative estimate of drug-likeness (QED) is 0.548. The van der Waals surface area contributed by atoms with E-state index in [1.165, 1.54) is 0 Å². The molecule has 0 atom stereocenters. The SMILES string of the molecule is Nc1nc(=S)[nH]c(N)c1CN(CCCl)CCCl. The Balaban J connectivity index is 2.88. The maximum atomic E-state index is 5.83. The molecule has 1 heterocycles. The van der Waals surface area contributed by atoms with E-state index in [-0.39, 0.29) is 4.77 Å². The predicted molar refractivity (Wildman–Crippen MR) is 75.0 cm³/mol. The topological polar surface area (TPSA) is 84.0 Å². The molecule has 0 aliphatic carbocycles. The second kappa shape index (κ2) is 7.00. The van der Waals surface area contributed by atoms with E-state index in [1.807, 2.05) is 0 Å². The number of nitrogens with two attached hydrogens (primary N) is 2. The third-order valence-corrected chi connectivity index (χ3v) is 2.81. The largest absolute Gasteiger partial charge is 0.385 e. The fourth-order valence-electron chi connectivity index (χ4n) is 1.43. The van der Waals surface area contributed by atoms with Gasteiger partial charge in [0.15, 0.2) is 4.77 Å². The Morgan fingerprint density at radius 1 is 1.24 bits per heavy atom. The highest BCUT2D eigenvalue weighted by molar-refractivity contribution is 7.71. The second-order valence-corrected chi connectivity index (χ2v) is 4.62. The normalized spacial score (nSPS) is 11.0. The lowest BCUT2D eigenvalue weighted by atomic mass is 10.2. The van der Waals surface area contributed by atoms with Crippen molar-refractivity contribution in [2.75, 3.05) is 36.3 Å². The Hall–Kier alpha value is -0.560. The third kappa shape index (κ3) is 4.31. The Labute approximate surface area is 115 Å². The number of nitrogens with zero attached hydrogens (tertiary/aromatic N) is 2. The van der Waals surface area contributed by atoms with Gasteiger partial charge in [-0.05, 0) is 12.2 Å². The van der Waals surface area contributed by atoms with Crippen molar-refractivity contribution in [1.82, 2.24) is 14.9 Å². The van der Waals surface area contributed by atoms with E-state index < -0.39 is 0 Å². The number of rotatable bonds is 6. The minimum Gasteiger partial charge on any atom is -0.385 e. The molecule has 0 aromatic carbocycles. The summed E-state index contributed by atoms with van der Waals surface area (Å²) < 4.78 is 0.282. The number of hydrogen-bond donors (Lipinski definition) is 3. The van der Waals surface area contributed by atoms with Crippen LogP contribution in [0, 0.1) is 4.77 Å². The number of nitrogens with one attached hydrogen (secondary N) is 1. The Kier molecular flexibility index (Phi) is 5.97. The molecule has 5 N–H and O–H groups in total. The lowest BCUT2D eigenvalue weighted by Gasteiger charge is -2.21. The van der Waals surface area contributed by atoms with Gasteiger partial charge in [0.2, 0.25) is 0 Å². The Morgan fingerprint density at radius 2 is 1.82 bits per heavy atom. The number of aromatic amines is 1. The fraction of sp³-hybridized carbons (Fsp3) is 0.556. The summed E-state index contributed by atoms with van der Waals surface area (Å²) in [6.07, 6.45) is 0. The van der Waals surface area contributed by atoms with Gasteiger partial charge >= 0.3 is 0 Å². The van der Waals surface area contributed by atoms with Gasteiger partial charge in [0.25, 0.3) is 0 Å². The number of alkyl halides is 2. The molecule has 0 saturated carbocycles. The molecule has 0 saturated heterocycles. The smallest absolute Gasteiger partial charge is 0.200 e. The zero-order valence-corrected chi connectivity index (χ0v) is 11.6. The second-order valence-electron chi connectivity index (χ2n) is 3.47. The number of hydrogen-bond acceptors (Lipinski definition) is 5. The molecule has 1 aromatic rings. The van der Waals surface area contributed by atoms with Crippen LogP contribution >= 0.6 is 35.4 Å². The summed E-state index contributed by atoms with van der Waals surface area (Å²) >= 11 is 16.3. The molecule has 0 aliphatic rings. The van der Waals surface area contributed by atoms with Crippen LogP contribution < -0.4 is 11.5 Å². The molecule has 0 bridgehead atoms.